The number of phenols is 1. The highest BCUT2D eigenvalue weighted by Gasteiger charge is 2.60. The maximum absolute atomic E-state index is 13.4. The van der Waals surface area contributed by atoms with Gasteiger partial charge in [0.05, 0.1) is 11.5 Å². The molecule has 11 heteroatoms. The van der Waals surface area contributed by atoms with Gasteiger partial charge in [0, 0.05) is 17.9 Å². The second-order valence-corrected chi connectivity index (χ2v) is 8.70. The molecule has 1 aromatic rings. The number of alkyl halides is 3. The van der Waals surface area contributed by atoms with E-state index >= 15 is 0 Å². The summed E-state index contributed by atoms with van der Waals surface area (Å²) in [6.07, 6.45) is -5.45. The number of fused-ring (bicyclic) bond motifs is 3. The molecule has 0 saturated heterocycles. The van der Waals surface area contributed by atoms with Crippen LogP contribution in [0.2, 0.25) is 0 Å². The molecule has 4 atom stereocenters. The molecule has 3 aliphatic carbocycles. The Morgan fingerprint density at radius 1 is 1.18 bits per heavy atom. The largest absolute Gasteiger partial charge is 0.508 e. The van der Waals surface area contributed by atoms with Crippen molar-refractivity contribution in [3.8, 4) is 5.75 Å². The summed E-state index contributed by atoms with van der Waals surface area (Å²) in [5.74, 6) is -10.0. The first-order valence-corrected chi connectivity index (χ1v) is 10.1. The van der Waals surface area contributed by atoms with Crippen molar-refractivity contribution in [2.75, 3.05) is 0 Å². The molecule has 1 fully saturated rings. The van der Waals surface area contributed by atoms with Crippen LogP contribution in [0.25, 0.3) is 5.76 Å². The number of carbonyl (C=O) groups is 3. The lowest BCUT2D eigenvalue weighted by atomic mass is 9.59. The number of amides is 1. The number of primary amides is 1. The summed E-state index contributed by atoms with van der Waals surface area (Å²) in [4.78, 5) is 37.2. The molecule has 0 unspecified atom stereocenters. The first-order chi connectivity index (χ1) is 15.2. The summed E-state index contributed by atoms with van der Waals surface area (Å²) in [7, 11) is 0. The minimum absolute atomic E-state index is 0.00374. The second kappa shape index (κ2) is 7.08. The van der Waals surface area contributed by atoms with E-state index in [2.05, 4.69) is 0 Å². The van der Waals surface area contributed by atoms with E-state index in [0.29, 0.717) is 0 Å². The number of benzene rings is 1. The highest BCUT2D eigenvalue weighted by molar-refractivity contribution is 6.22. The molecule has 1 saturated carbocycles. The summed E-state index contributed by atoms with van der Waals surface area (Å²) in [6.45, 7) is 0.932. The molecule has 6 N–H and O–H groups in total. The molecule has 0 aromatic heterocycles. The molecule has 0 radical (unpaired) electrons. The number of rotatable bonds is 2. The van der Waals surface area contributed by atoms with Gasteiger partial charge < -0.3 is 26.2 Å². The molecule has 0 bridgehead atoms. The van der Waals surface area contributed by atoms with Crippen molar-refractivity contribution in [1.29, 1.82) is 0 Å². The van der Waals surface area contributed by atoms with Crippen molar-refractivity contribution in [3.63, 3.8) is 0 Å². The van der Waals surface area contributed by atoms with Crippen LogP contribution in [0.5, 0.6) is 5.75 Å². The molecule has 176 valence electrons. The topological polar surface area (TPSA) is 158 Å². The van der Waals surface area contributed by atoms with Crippen molar-refractivity contribution in [3.05, 3.63) is 45.7 Å². The van der Waals surface area contributed by atoms with Crippen LogP contribution in [0.15, 0.2) is 29.0 Å². The van der Waals surface area contributed by atoms with Crippen LogP contribution < -0.4 is 5.73 Å². The van der Waals surface area contributed by atoms with Gasteiger partial charge in [-0.1, -0.05) is 6.07 Å². The van der Waals surface area contributed by atoms with Gasteiger partial charge in [0.15, 0.2) is 11.4 Å². The monoisotopic (exact) mass is 467 g/mol. The van der Waals surface area contributed by atoms with E-state index in [1.807, 2.05) is 0 Å². The van der Waals surface area contributed by atoms with Crippen molar-refractivity contribution in [1.82, 2.24) is 0 Å². The van der Waals surface area contributed by atoms with Crippen LogP contribution in [0.4, 0.5) is 13.2 Å². The van der Waals surface area contributed by atoms with Crippen molar-refractivity contribution in [2.45, 2.75) is 43.9 Å². The number of aliphatic hydroxyl groups excluding tert-OH is 2. The van der Waals surface area contributed by atoms with E-state index in [9.17, 15) is 48.0 Å². The molecule has 0 spiro atoms. The SMILES string of the molecule is C[C@H](c1ccc(O)c2c1C[C@H]1C[C@H]3CC(=O)C(C(N)=O)=C(O)[C@@]3(O)C(=O)C1=C2O)C(F)(F)F. The van der Waals surface area contributed by atoms with E-state index in [1.54, 1.807) is 0 Å². The van der Waals surface area contributed by atoms with Gasteiger partial charge in [-0.3, -0.25) is 14.4 Å². The Morgan fingerprint density at radius 2 is 1.82 bits per heavy atom. The predicted octanol–water partition coefficient (Wildman–Crippen LogP) is 2.09. The molecule has 3 aliphatic rings. The van der Waals surface area contributed by atoms with Crippen molar-refractivity contribution in [2.24, 2.45) is 17.6 Å². The lowest BCUT2D eigenvalue weighted by Crippen LogP contribution is -2.58. The third kappa shape index (κ3) is 3.05. The molecule has 33 heavy (non-hydrogen) atoms. The Bertz CT molecular complexity index is 1180. The number of hydrogen-bond donors (Lipinski definition) is 5. The van der Waals surface area contributed by atoms with Gasteiger partial charge in [-0.15, -0.1) is 0 Å². The van der Waals surface area contributed by atoms with E-state index < -0.39 is 81.8 Å². The summed E-state index contributed by atoms with van der Waals surface area (Å²) >= 11 is 0. The van der Waals surface area contributed by atoms with Crippen LogP contribution in [-0.2, 0) is 20.8 Å². The Morgan fingerprint density at radius 3 is 2.39 bits per heavy atom. The second-order valence-electron chi connectivity index (χ2n) is 8.70. The van der Waals surface area contributed by atoms with E-state index in [1.165, 1.54) is 0 Å². The van der Waals surface area contributed by atoms with Crippen molar-refractivity contribution >= 4 is 23.2 Å². The van der Waals surface area contributed by atoms with Gasteiger partial charge in [-0.25, -0.2) is 0 Å². The zero-order chi connectivity index (χ0) is 24.6. The highest BCUT2D eigenvalue weighted by atomic mass is 19.4. The average molecular weight is 467 g/mol. The molecular formula is C22H20F3NO7. The fourth-order valence-corrected chi connectivity index (χ4v) is 5.23. The summed E-state index contributed by atoms with van der Waals surface area (Å²) in [5.41, 5.74) is 0.521. The molecule has 4 rings (SSSR count). The van der Waals surface area contributed by atoms with E-state index in [-0.39, 0.29) is 29.5 Å². The van der Waals surface area contributed by atoms with Gasteiger partial charge in [0.2, 0.25) is 5.78 Å². The number of nitrogens with two attached hydrogens (primary N) is 1. The van der Waals surface area contributed by atoms with Gasteiger partial charge in [0.1, 0.15) is 22.8 Å². The Balaban J connectivity index is 1.93. The first-order valence-electron chi connectivity index (χ1n) is 10.1. The number of carbonyl (C=O) groups excluding carboxylic acids is 3. The standard InChI is InChI=1S/C22H20F3NO7/c1-7(22(23,24)25)10-2-3-12(27)15-11(10)5-8-4-9-6-13(28)16(20(26)32)19(31)21(9,33)18(30)14(8)17(15)29/h2-3,7-9,27,29,31,33H,4-6H2,1H3,(H2,26,32)/t7-,8-,9+,21+/m1/s1. The maximum atomic E-state index is 13.4. The number of hydrogen-bond acceptors (Lipinski definition) is 7. The number of halogens is 3. The number of phenolic OH excluding ortho intramolecular Hbond substituents is 1. The van der Waals surface area contributed by atoms with Gasteiger partial charge in [-0.2, -0.15) is 13.2 Å². The molecule has 1 amide bonds. The third-order valence-corrected chi connectivity index (χ3v) is 6.94. The van der Waals surface area contributed by atoms with Crippen LogP contribution >= 0.6 is 0 Å². The Labute approximate surface area is 184 Å². The molecule has 0 heterocycles. The Kier molecular flexibility index (Phi) is 4.90. The first kappa shape index (κ1) is 22.8. The predicted molar refractivity (Wildman–Crippen MR) is 106 cm³/mol. The normalized spacial score (nSPS) is 28.3. The molecule has 0 aliphatic heterocycles. The lowest BCUT2D eigenvalue weighted by molar-refractivity contribution is -0.148. The van der Waals surface area contributed by atoms with Crippen LogP contribution in [-0.4, -0.2) is 49.7 Å². The quantitative estimate of drug-likeness (QED) is 0.417. The maximum Gasteiger partial charge on any atom is 0.395 e. The van der Waals surface area contributed by atoms with Crippen molar-refractivity contribution < 1.29 is 48.0 Å². The number of ketones is 2. The Hall–Kier alpha value is -3.34. The zero-order valence-electron chi connectivity index (χ0n) is 17.2. The van der Waals surface area contributed by atoms with Gasteiger partial charge in [-0.05, 0) is 42.9 Å². The minimum atomic E-state index is -4.61. The number of Topliss-reactive ketones (excluding diaryl/α,β-unsaturated/α-hetero) is 2. The zero-order valence-corrected chi connectivity index (χ0v) is 17.2. The lowest BCUT2D eigenvalue weighted by Gasteiger charge is -2.46. The van der Waals surface area contributed by atoms with Crippen LogP contribution in [0, 0.1) is 11.8 Å². The average Bonchev–Trinajstić information content (AvgIpc) is 2.69. The fourth-order valence-electron chi connectivity index (χ4n) is 5.23. The summed E-state index contributed by atoms with van der Waals surface area (Å²) in [5, 5.41) is 42.8. The summed E-state index contributed by atoms with van der Waals surface area (Å²) < 4.78 is 40.3. The van der Waals surface area contributed by atoms with Gasteiger partial charge in [0.25, 0.3) is 5.91 Å². The smallest absolute Gasteiger partial charge is 0.395 e. The van der Waals surface area contributed by atoms with Crippen LogP contribution in [0.3, 0.4) is 0 Å². The number of aromatic hydroxyl groups is 1. The summed E-state index contributed by atoms with van der Waals surface area (Å²) in [6, 6.07) is 2.07. The molecule has 1 aromatic carbocycles. The fraction of sp³-hybridized carbons (Fsp3) is 0.409. The van der Waals surface area contributed by atoms with Crippen LogP contribution in [0.1, 0.15) is 42.4 Å². The van der Waals surface area contributed by atoms with Gasteiger partial charge >= 0.3 is 6.18 Å². The molecule has 8 nitrogen and oxygen atoms in total. The van der Waals surface area contributed by atoms with E-state index in [0.717, 1.165) is 19.1 Å². The molecular weight excluding hydrogens is 447 g/mol. The highest BCUT2D eigenvalue weighted by Crippen LogP contribution is 2.53. The minimum Gasteiger partial charge on any atom is -0.508 e. The van der Waals surface area contributed by atoms with E-state index in [4.69, 9.17) is 5.73 Å². The number of aliphatic hydroxyl groups is 3. The third-order valence-electron chi connectivity index (χ3n) is 6.94.